The molecule has 2 aromatic heterocycles. The van der Waals surface area contributed by atoms with Gasteiger partial charge in [-0.2, -0.15) is 5.10 Å². The van der Waals surface area contributed by atoms with E-state index in [0.29, 0.717) is 37.0 Å². The molecule has 0 bridgehead atoms. The molecule has 3 heterocycles. The normalized spacial score (nSPS) is 15.9. The Balaban J connectivity index is 1.25. The summed E-state index contributed by atoms with van der Waals surface area (Å²) in [5.74, 6) is -0.0374. The molecule has 0 aliphatic carbocycles. The van der Waals surface area contributed by atoms with Gasteiger partial charge in [-0.3, -0.25) is 14.2 Å². The highest BCUT2D eigenvalue weighted by Gasteiger charge is 2.35. The number of nitrogens with zero attached hydrogens (tertiary/aromatic N) is 4. The molecule has 4 aromatic rings. The van der Waals surface area contributed by atoms with Crippen LogP contribution in [-0.2, 0) is 12.0 Å². The lowest BCUT2D eigenvalue weighted by atomic mass is 9.78. The molecule has 5 rings (SSSR count). The Morgan fingerprint density at radius 3 is 2.31 bits per heavy atom. The topological polar surface area (TPSA) is 79.8 Å². The standard InChI is InChI=1S/C28H30N4O3/c1-27(2,22-7-4-3-5-8-22)23-12-10-21(11-13-23)25(33)30-17-14-28(35,15-18-30)19-31-20-29-32-16-6-9-24(32)26(31)34/h3-13,16,20,35H,14-15,17-19H2,1-2H3. The van der Waals surface area contributed by atoms with Gasteiger partial charge in [0, 0.05) is 30.3 Å². The summed E-state index contributed by atoms with van der Waals surface area (Å²) in [5.41, 5.74) is 2.07. The number of benzene rings is 2. The molecular weight excluding hydrogens is 440 g/mol. The first-order valence-electron chi connectivity index (χ1n) is 12.0. The molecule has 1 saturated heterocycles. The van der Waals surface area contributed by atoms with E-state index < -0.39 is 5.60 Å². The third kappa shape index (κ3) is 4.39. The summed E-state index contributed by atoms with van der Waals surface area (Å²) in [4.78, 5) is 27.6. The molecule has 0 unspecified atom stereocenters. The number of fused-ring (bicyclic) bond motifs is 1. The van der Waals surface area contributed by atoms with Gasteiger partial charge in [0.25, 0.3) is 11.5 Å². The van der Waals surface area contributed by atoms with Gasteiger partial charge in [-0.1, -0.05) is 56.3 Å². The molecule has 0 radical (unpaired) electrons. The maximum Gasteiger partial charge on any atom is 0.277 e. The van der Waals surface area contributed by atoms with Crippen molar-refractivity contribution in [2.75, 3.05) is 13.1 Å². The predicted octanol–water partition coefficient (Wildman–Crippen LogP) is 3.49. The lowest BCUT2D eigenvalue weighted by Crippen LogP contribution is -2.49. The number of carbonyl (C=O) groups is 1. The van der Waals surface area contributed by atoms with Crippen molar-refractivity contribution in [2.24, 2.45) is 0 Å². The van der Waals surface area contributed by atoms with Gasteiger partial charge in [-0.05, 0) is 48.2 Å². The van der Waals surface area contributed by atoms with E-state index in [1.807, 2.05) is 42.5 Å². The number of hydrogen-bond donors (Lipinski definition) is 1. The van der Waals surface area contributed by atoms with Gasteiger partial charge in [0.15, 0.2) is 0 Å². The fourth-order valence-electron chi connectivity index (χ4n) is 4.91. The first-order valence-corrected chi connectivity index (χ1v) is 12.0. The van der Waals surface area contributed by atoms with Crippen molar-refractivity contribution in [1.29, 1.82) is 0 Å². The Kier molecular flexibility index (Phi) is 5.81. The van der Waals surface area contributed by atoms with Crippen LogP contribution in [0.4, 0.5) is 0 Å². The molecule has 1 fully saturated rings. The van der Waals surface area contributed by atoms with Crippen molar-refractivity contribution in [3.8, 4) is 0 Å². The Morgan fingerprint density at radius 1 is 0.971 bits per heavy atom. The molecule has 1 aliphatic rings. The predicted molar refractivity (Wildman–Crippen MR) is 135 cm³/mol. The number of rotatable bonds is 5. The first-order chi connectivity index (χ1) is 16.8. The highest BCUT2D eigenvalue weighted by molar-refractivity contribution is 5.94. The average molecular weight is 471 g/mol. The second kappa shape index (κ2) is 8.82. The number of amides is 1. The zero-order chi connectivity index (χ0) is 24.6. The number of likely N-dealkylation sites (tertiary alicyclic amines) is 1. The molecule has 1 amide bonds. The summed E-state index contributed by atoms with van der Waals surface area (Å²) in [7, 11) is 0. The molecule has 35 heavy (non-hydrogen) atoms. The summed E-state index contributed by atoms with van der Waals surface area (Å²) in [6, 6.07) is 21.6. The quantitative estimate of drug-likeness (QED) is 0.484. The summed E-state index contributed by atoms with van der Waals surface area (Å²) in [5, 5.41) is 15.4. The zero-order valence-electron chi connectivity index (χ0n) is 20.1. The number of piperidine rings is 1. The van der Waals surface area contributed by atoms with Crippen molar-refractivity contribution < 1.29 is 9.90 Å². The van der Waals surface area contributed by atoms with E-state index in [-0.39, 0.29) is 23.4 Å². The van der Waals surface area contributed by atoms with Gasteiger partial charge >= 0.3 is 0 Å². The Hall–Kier alpha value is -3.71. The Bertz CT molecular complexity index is 1400. The van der Waals surface area contributed by atoms with E-state index in [9.17, 15) is 14.7 Å². The van der Waals surface area contributed by atoms with E-state index in [1.54, 1.807) is 23.2 Å². The van der Waals surface area contributed by atoms with Crippen molar-refractivity contribution in [1.82, 2.24) is 19.1 Å². The van der Waals surface area contributed by atoms with Gasteiger partial charge in [0.2, 0.25) is 0 Å². The summed E-state index contributed by atoms with van der Waals surface area (Å²) >= 11 is 0. The monoisotopic (exact) mass is 470 g/mol. The van der Waals surface area contributed by atoms with Crippen LogP contribution in [0.2, 0.25) is 0 Å². The minimum atomic E-state index is -1.06. The lowest BCUT2D eigenvalue weighted by Gasteiger charge is -2.38. The third-order valence-electron chi connectivity index (χ3n) is 7.32. The molecule has 7 nitrogen and oxygen atoms in total. The minimum absolute atomic E-state index is 0.0374. The Labute approximate surface area is 204 Å². The highest BCUT2D eigenvalue weighted by Crippen LogP contribution is 2.32. The molecule has 2 aromatic carbocycles. The van der Waals surface area contributed by atoms with Crippen LogP contribution in [0.1, 0.15) is 48.2 Å². The minimum Gasteiger partial charge on any atom is -0.388 e. The first kappa shape index (κ1) is 23.1. The van der Waals surface area contributed by atoms with Gasteiger partial charge in [0.1, 0.15) is 11.8 Å². The smallest absolute Gasteiger partial charge is 0.277 e. The van der Waals surface area contributed by atoms with Crippen LogP contribution in [0.3, 0.4) is 0 Å². The summed E-state index contributed by atoms with van der Waals surface area (Å²) < 4.78 is 2.98. The lowest BCUT2D eigenvalue weighted by molar-refractivity contribution is -0.0300. The largest absolute Gasteiger partial charge is 0.388 e. The second-order valence-electron chi connectivity index (χ2n) is 9.99. The van der Waals surface area contributed by atoms with Crippen LogP contribution in [0, 0.1) is 0 Å². The number of aromatic nitrogens is 3. The van der Waals surface area contributed by atoms with Crippen LogP contribution < -0.4 is 5.56 Å². The molecule has 0 saturated carbocycles. The van der Waals surface area contributed by atoms with E-state index >= 15 is 0 Å². The van der Waals surface area contributed by atoms with E-state index in [4.69, 9.17) is 0 Å². The molecule has 7 heteroatoms. The van der Waals surface area contributed by atoms with Crippen LogP contribution in [0.25, 0.3) is 5.52 Å². The molecular formula is C28H30N4O3. The number of hydrogen-bond acceptors (Lipinski definition) is 4. The maximum absolute atomic E-state index is 13.1. The van der Waals surface area contributed by atoms with Crippen molar-refractivity contribution in [2.45, 2.75) is 44.2 Å². The van der Waals surface area contributed by atoms with Crippen molar-refractivity contribution in [3.63, 3.8) is 0 Å². The van der Waals surface area contributed by atoms with Crippen LogP contribution in [0.5, 0.6) is 0 Å². The van der Waals surface area contributed by atoms with Gasteiger partial charge in [-0.25, -0.2) is 4.52 Å². The Morgan fingerprint density at radius 2 is 1.63 bits per heavy atom. The SMILES string of the molecule is CC(C)(c1ccccc1)c1ccc(C(=O)N2CCC(O)(Cn3cnn4cccc4c3=O)CC2)cc1. The number of aliphatic hydroxyl groups is 1. The van der Waals surface area contributed by atoms with E-state index in [1.165, 1.54) is 21.0 Å². The fraction of sp³-hybridized carbons (Fsp3) is 0.321. The third-order valence-corrected chi connectivity index (χ3v) is 7.32. The average Bonchev–Trinajstić information content (AvgIpc) is 3.36. The maximum atomic E-state index is 13.1. The summed E-state index contributed by atoms with van der Waals surface area (Å²) in [6.07, 6.45) is 3.98. The van der Waals surface area contributed by atoms with E-state index in [2.05, 4.69) is 31.1 Å². The van der Waals surface area contributed by atoms with Crippen LogP contribution >= 0.6 is 0 Å². The second-order valence-corrected chi connectivity index (χ2v) is 9.99. The van der Waals surface area contributed by atoms with Crippen LogP contribution in [0.15, 0.2) is 84.0 Å². The molecule has 0 atom stereocenters. The van der Waals surface area contributed by atoms with Crippen LogP contribution in [-0.4, -0.2) is 48.8 Å². The van der Waals surface area contributed by atoms with Gasteiger partial charge < -0.3 is 10.0 Å². The van der Waals surface area contributed by atoms with Gasteiger partial charge in [-0.15, -0.1) is 0 Å². The summed E-state index contributed by atoms with van der Waals surface area (Å²) in [6.45, 7) is 5.38. The molecule has 180 valence electrons. The highest BCUT2D eigenvalue weighted by atomic mass is 16.3. The zero-order valence-corrected chi connectivity index (χ0v) is 20.1. The van der Waals surface area contributed by atoms with Crippen molar-refractivity contribution >= 4 is 11.4 Å². The van der Waals surface area contributed by atoms with Gasteiger partial charge in [0.05, 0.1) is 12.1 Å². The van der Waals surface area contributed by atoms with E-state index in [0.717, 1.165) is 5.56 Å². The molecule has 1 N–H and O–H groups in total. The fourth-order valence-corrected chi connectivity index (χ4v) is 4.91. The molecule has 1 aliphatic heterocycles. The van der Waals surface area contributed by atoms with Crippen molar-refractivity contribution in [3.05, 3.63) is 106 Å². The molecule has 0 spiro atoms. The number of carbonyl (C=O) groups excluding carboxylic acids is 1.